The molecule has 1 aromatic carbocycles. The van der Waals surface area contributed by atoms with Gasteiger partial charge in [-0.15, -0.1) is 10.2 Å². The molecule has 12 nitrogen and oxygen atoms in total. The minimum atomic E-state index is -0.732. The average Bonchev–Trinajstić information content (AvgIpc) is 3.40. The molecule has 1 fully saturated rings. The van der Waals surface area contributed by atoms with Crippen molar-refractivity contribution in [2.75, 3.05) is 18.6 Å². The van der Waals surface area contributed by atoms with E-state index >= 15 is 0 Å². The van der Waals surface area contributed by atoms with Crippen LogP contribution in [-0.2, 0) is 9.47 Å². The first-order valence-corrected chi connectivity index (χ1v) is 10.3. The average molecular weight is 443 g/mol. The zero-order chi connectivity index (χ0) is 23.0. The zero-order valence-electron chi connectivity index (χ0n) is 18.4. The number of fused-ring (bicyclic) bond motifs is 1. The Kier molecular flexibility index (Phi) is 5.55. The first kappa shape index (κ1) is 21.7. The predicted octanol–water partition coefficient (Wildman–Crippen LogP) is 3.60. The van der Waals surface area contributed by atoms with Crippen molar-refractivity contribution in [1.29, 1.82) is 0 Å². The number of anilines is 1. The number of nitro benzene ring substituents is 1. The molecule has 4 rings (SSSR count). The van der Waals surface area contributed by atoms with E-state index in [-0.39, 0.29) is 16.9 Å². The monoisotopic (exact) mass is 443 g/mol. The van der Waals surface area contributed by atoms with Crippen LogP contribution < -0.4 is 4.90 Å². The molecule has 170 valence electrons. The number of rotatable bonds is 4. The minimum absolute atomic E-state index is 0.130. The fourth-order valence-corrected chi connectivity index (χ4v) is 3.63. The number of hydrogen-bond acceptors (Lipinski definition) is 8. The Hall–Kier alpha value is -3.54. The summed E-state index contributed by atoms with van der Waals surface area (Å²) < 4.78 is 14.5. The largest absolute Gasteiger partial charge is 0.443 e. The quantitative estimate of drug-likeness (QED) is 0.442. The number of non-ortho nitro benzene ring substituents is 1. The second-order valence-corrected chi connectivity index (χ2v) is 8.61. The molecule has 1 unspecified atom stereocenters. The normalized spacial score (nSPS) is 16.8. The van der Waals surface area contributed by atoms with Crippen LogP contribution in [0.15, 0.2) is 24.8 Å². The van der Waals surface area contributed by atoms with Crippen LogP contribution in [0.25, 0.3) is 16.6 Å². The molecular formula is C20H25N7O5. The van der Waals surface area contributed by atoms with Gasteiger partial charge in [0, 0.05) is 19.7 Å². The minimum Gasteiger partial charge on any atom is -0.443 e. The van der Waals surface area contributed by atoms with E-state index in [1.54, 1.807) is 36.1 Å². The van der Waals surface area contributed by atoms with Crippen molar-refractivity contribution in [3.63, 3.8) is 0 Å². The van der Waals surface area contributed by atoms with E-state index in [0.717, 1.165) is 12.8 Å². The highest BCUT2D eigenvalue weighted by atomic mass is 16.6. The predicted molar refractivity (Wildman–Crippen MR) is 115 cm³/mol. The van der Waals surface area contributed by atoms with Gasteiger partial charge < -0.3 is 9.47 Å². The summed E-state index contributed by atoms with van der Waals surface area (Å²) in [5.74, 6) is 0.130. The van der Waals surface area contributed by atoms with Crippen LogP contribution in [-0.4, -0.2) is 54.8 Å². The molecule has 3 heterocycles. The summed E-state index contributed by atoms with van der Waals surface area (Å²) >= 11 is 0. The number of aromatic nitrogens is 5. The molecule has 1 atom stereocenters. The number of hydrogen-bond donors (Lipinski definition) is 0. The summed E-state index contributed by atoms with van der Waals surface area (Å²) in [6, 6.07) is 3.16. The lowest BCUT2D eigenvalue weighted by molar-refractivity contribution is -0.383. The summed E-state index contributed by atoms with van der Waals surface area (Å²) in [5, 5.41) is 24.5. The molecule has 0 spiro atoms. The Morgan fingerprint density at radius 3 is 2.59 bits per heavy atom. The Morgan fingerprint density at radius 1 is 1.28 bits per heavy atom. The third-order valence-corrected chi connectivity index (χ3v) is 5.08. The summed E-state index contributed by atoms with van der Waals surface area (Å²) in [6.45, 7) is 5.81. The number of ether oxygens (including phenoxy) is 2. The molecule has 12 heteroatoms. The SMILES string of the molecule is CN(C(=O)OC(C)(C)C)c1nn(C2CCCCO2)c2cc(-n3cnnc3)cc([N+](=O)[O-])c12. The van der Waals surface area contributed by atoms with Crippen LogP contribution in [0.3, 0.4) is 0 Å². The van der Waals surface area contributed by atoms with Gasteiger partial charge in [0.25, 0.3) is 5.69 Å². The van der Waals surface area contributed by atoms with Crippen LogP contribution in [0, 0.1) is 10.1 Å². The number of nitrogens with zero attached hydrogens (tertiary/aromatic N) is 7. The van der Waals surface area contributed by atoms with Crippen LogP contribution >= 0.6 is 0 Å². The van der Waals surface area contributed by atoms with Crippen molar-refractivity contribution >= 4 is 28.5 Å². The Balaban J connectivity index is 1.93. The van der Waals surface area contributed by atoms with Crippen LogP contribution in [0.5, 0.6) is 0 Å². The van der Waals surface area contributed by atoms with Crippen molar-refractivity contribution in [1.82, 2.24) is 24.5 Å². The van der Waals surface area contributed by atoms with Gasteiger partial charge in [0.1, 0.15) is 23.6 Å². The van der Waals surface area contributed by atoms with Gasteiger partial charge in [-0.05, 0) is 46.1 Å². The molecule has 1 aliphatic heterocycles. The molecule has 0 bridgehead atoms. The van der Waals surface area contributed by atoms with Crippen molar-refractivity contribution in [3.05, 3.63) is 34.9 Å². The number of benzene rings is 1. The van der Waals surface area contributed by atoms with E-state index in [4.69, 9.17) is 9.47 Å². The summed E-state index contributed by atoms with van der Waals surface area (Å²) in [5.41, 5.74) is 0.0421. The van der Waals surface area contributed by atoms with Crippen molar-refractivity contribution < 1.29 is 19.2 Å². The van der Waals surface area contributed by atoms with Gasteiger partial charge in [0.15, 0.2) is 12.0 Å². The molecule has 2 aromatic heterocycles. The lowest BCUT2D eigenvalue weighted by atomic mass is 10.1. The molecule has 0 N–H and O–H groups in total. The van der Waals surface area contributed by atoms with E-state index in [0.29, 0.717) is 24.2 Å². The van der Waals surface area contributed by atoms with Crippen LogP contribution in [0.1, 0.15) is 46.3 Å². The van der Waals surface area contributed by atoms with Gasteiger partial charge >= 0.3 is 6.09 Å². The number of carbonyl (C=O) groups is 1. The van der Waals surface area contributed by atoms with E-state index in [1.807, 2.05) is 0 Å². The highest BCUT2D eigenvalue weighted by Crippen LogP contribution is 2.39. The van der Waals surface area contributed by atoms with E-state index in [1.165, 1.54) is 30.7 Å². The highest BCUT2D eigenvalue weighted by Gasteiger charge is 2.32. The molecule has 1 saturated heterocycles. The smallest absolute Gasteiger partial charge is 0.415 e. The Labute approximate surface area is 183 Å². The third-order valence-electron chi connectivity index (χ3n) is 5.08. The van der Waals surface area contributed by atoms with Gasteiger partial charge in [-0.1, -0.05) is 0 Å². The van der Waals surface area contributed by atoms with Gasteiger partial charge in [0.05, 0.1) is 16.1 Å². The second-order valence-electron chi connectivity index (χ2n) is 8.61. The van der Waals surface area contributed by atoms with Crippen molar-refractivity contribution in [3.8, 4) is 5.69 Å². The lowest BCUT2D eigenvalue weighted by Gasteiger charge is -2.24. The van der Waals surface area contributed by atoms with Gasteiger partial charge in [-0.3, -0.25) is 19.6 Å². The van der Waals surface area contributed by atoms with Gasteiger partial charge in [-0.25, -0.2) is 9.48 Å². The highest BCUT2D eigenvalue weighted by molar-refractivity contribution is 6.04. The van der Waals surface area contributed by atoms with Crippen molar-refractivity contribution in [2.24, 2.45) is 0 Å². The van der Waals surface area contributed by atoms with Gasteiger partial charge in [0.2, 0.25) is 0 Å². The molecule has 0 saturated carbocycles. The molecule has 0 aliphatic carbocycles. The van der Waals surface area contributed by atoms with E-state index in [2.05, 4.69) is 15.3 Å². The third kappa shape index (κ3) is 4.13. The maximum atomic E-state index is 12.8. The van der Waals surface area contributed by atoms with Crippen LogP contribution in [0.4, 0.5) is 16.3 Å². The number of carbonyl (C=O) groups excluding carboxylic acids is 1. The first-order valence-electron chi connectivity index (χ1n) is 10.3. The molecule has 1 amide bonds. The lowest BCUT2D eigenvalue weighted by Crippen LogP contribution is -2.34. The molecule has 3 aromatic rings. The summed E-state index contributed by atoms with van der Waals surface area (Å²) in [7, 11) is 1.49. The maximum absolute atomic E-state index is 12.8. The summed E-state index contributed by atoms with van der Waals surface area (Å²) in [4.78, 5) is 25.5. The Bertz CT molecular complexity index is 1140. The van der Waals surface area contributed by atoms with E-state index in [9.17, 15) is 14.9 Å². The molecule has 1 aliphatic rings. The maximum Gasteiger partial charge on any atom is 0.415 e. The number of amides is 1. The molecule has 32 heavy (non-hydrogen) atoms. The standard InChI is InChI=1S/C20H25N7O5/c1-20(2,3)32-19(28)24(4)18-17-14(26(23-18)16-7-5-6-8-31-16)9-13(10-15(17)27(29)30)25-11-21-22-12-25/h9-12,16H,5-8H2,1-4H3. The first-order chi connectivity index (χ1) is 15.2. The molecular weight excluding hydrogens is 418 g/mol. The fourth-order valence-electron chi connectivity index (χ4n) is 3.63. The zero-order valence-corrected chi connectivity index (χ0v) is 18.4. The summed E-state index contributed by atoms with van der Waals surface area (Å²) in [6.07, 6.45) is 4.43. The fraction of sp³-hybridized carbons (Fsp3) is 0.500. The van der Waals surface area contributed by atoms with E-state index < -0.39 is 22.8 Å². The van der Waals surface area contributed by atoms with Gasteiger partial charge in [-0.2, -0.15) is 5.10 Å². The number of nitro groups is 1. The molecule has 0 radical (unpaired) electrons. The second kappa shape index (κ2) is 8.19. The van der Waals surface area contributed by atoms with Crippen molar-refractivity contribution in [2.45, 2.75) is 51.9 Å². The Morgan fingerprint density at radius 2 is 2.00 bits per heavy atom. The van der Waals surface area contributed by atoms with Crippen LogP contribution in [0.2, 0.25) is 0 Å². The topological polar surface area (TPSA) is 130 Å².